The van der Waals surface area contributed by atoms with Crippen molar-refractivity contribution in [3.63, 3.8) is 0 Å². The topological polar surface area (TPSA) is 55.6 Å². The van der Waals surface area contributed by atoms with Gasteiger partial charge in [0.1, 0.15) is 6.10 Å². The second-order valence-electron chi connectivity index (χ2n) is 6.79. The van der Waals surface area contributed by atoms with E-state index in [1.807, 2.05) is 17.0 Å². The zero-order valence-electron chi connectivity index (χ0n) is 13.5. The zero-order chi connectivity index (χ0) is 15.7. The quantitative estimate of drug-likeness (QED) is 0.913. The average molecular weight is 302 g/mol. The van der Waals surface area contributed by atoms with Crippen LogP contribution in [0.3, 0.4) is 0 Å². The molecule has 1 amide bonds. The molecule has 2 aliphatic rings. The Morgan fingerprint density at radius 2 is 2.09 bits per heavy atom. The van der Waals surface area contributed by atoms with Gasteiger partial charge >= 0.3 is 0 Å². The van der Waals surface area contributed by atoms with Gasteiger partial charge in [-0.1, -0.05) is 24.3 Å². The largest absolute Gasteiger partial charge is 0.370 e. The van der Waals surface area contributed by atoms with Crippen LogP contribution in [0.25, 0.3) is 0 Å². The number of carbonyl (C=O) groups excluding carboxylic acids is 1. The summed E-state index contributed by atoms with van der Waals surface area (Å²) < 4.78 is 6.00. The summed E-state index contributed by atoms with van der Waals surface area (Å²) in [4.78, 5) is 14.9. The fourth-order valence-corrected chi connectivity index (χ4v) is 3.68. The Balaban J connectivity index is 1.74. The number of amides is 1. The van der Waals surface area contributed by atoms with E-state index in [-0.39, 0.29) is 30.0 Å². The van der Waals surface area contributed by atoms with E-state index in [1.54, 1.807) is 0 Å². The molecule has 2 N–H and O–H groups in total. The Hall–Kier alpha value is -1.39. The molecule has 0 spiro atoms. The van der Waals surface area contributed by atoms with Gasteiger partial charge in [0.25, 0.3) is 0 Å². The minimum absolute atomic E-state index is 0.0172. The highest BCUT2D eigenvalue weighted by molar-refractivity contribution is 5.79. The Kier molecular flexibility index (Phi) is 4.50. The van der Waals surface area contributed by atoms with Crippen LogP contribution in [-0.2, 0) is 9.53 Å². The Morgan fingerprint density at radius 1 is 1.32 bits per heavy atom. The highest BCUT2D eigenvalue weighted by Gasteiger charge is 2.36. The van der Waals surface area contributed by atoms with E-state index >= 15 is 0 Å². The van der Waals surface area contributed by atoms with Crippen LogP contribution in [0, 0.1) is 12.8 Å². The number of carbonyl (C=O) groups is 1. The molecule has 1 aliphatic heterocycles. The second kappa shape index (κ2) is 6.39. The van der Waals surface area contributed by atoms with Gasteiger partial charge in [0.2, 0.25) is 5.91 Å². The molecule has 1 aromatic carbocycles. The molecule has 4 heteroatoms. The molecule has 2 fully saturated rings. The number of aryl methyl sites for hydroxylation is 1. The maximum atomic E-state index is 12.8. The monoisotopic (exact) mass is 302 g/mol. The number of nitrogens with two attached hydrogens (primary N) is 1. The van der Waals surface area contributed by atoms with Crippen LogP contribution >= 0.6 is 0 Å². The van der Waals surface area contributed by atoms with E-state index in [2.05, 4.69) is 26.0 Å². The summed E-state index contributed by atoms with van der Waals surface area (Å²) in [6, 6.07) is 8.60. The van der Waals surface area contributed by atoms with Crippen LogP contribution < -0.4 is 5.73 Å². The van der Waals surface area contributed by atoms with Gasteiger partial charge < -0.3 is 15.4 Å². The number of hydrogen-bond acceptors (Lipinski definition) is 3. The summed E-state index contributed by atoms with van der Waals surface area (Å²) in [5.74, 6) is 0.371. The van der Waals surface area contributed by atoms with Gasteiger partial charge in [-0.15, -0.1) is 0 Å². The van der Waals surface area contributed by atoms with Crippen molar-refractivity contribution in [2.45, 2.75) is 51.3 Å². The smallest absolute Gasteiger partial charge is 0.226 e. The van der Waals surface area contributed by atoms with Crippen LogP contribution in [-0.4, -0.2) is 36.0 Å². The third kappa shape index (κ3) is 3.03. The van der Waals surface area contributed by atoms with Crippen molar-refractivity contribution >= 4 is 5.91 Å². The second-order valence-corrected chi connectivity index (χ2v) is 6.79. The Morgan fingerprint density at radius 3 is 2.77 bits per heavy atom. The lowest BCUT2D eigenvalue weighted by Gasteiger charge is -2.40. The van der Waals surface area contributed by atoms with Gasteiger partial charge in [-0.05, 0) is 44.2 Å². The first-order valence-corrected chi connectivity index (χ1v) is 8.29. The number of rotatable bonds is 2. The standard InChI is InChI=1S/C18H26N2O2/c1-12-5-3-4-6-16(12)17-10-20(13(2)11-22-17)18(21)14-7-8-15(19)9-14/h3-6,13-15,17H,7-11,19H2,1-2H3/t13-,14+,15-,17-/m0/s1. The highest BCUT2D eigenvalue weighted by atomic mass is 16.5. The molecule has 0 unspecified atom stereocenters. The molecular weight excluding hydrogens is 276 g/mol. The van der Waals surface area contributed by atoms with Crippen molar-refractivity contribution in [1.29, 1.82) is 0 Å². The molecule has 4 nitrogen and oxygen atoms in total. The Bertz CT molecular complexity index is 546. The lowest BCUT2D eigenvalue weighted by molar-refractivity contribution is -0.148. The molecule has 1 aromatic rings. The predicted octanol–water partition coefficient (Wildman–Crippen LogP) is 2.41. The first-order chi connectivity index (χ1) is 10.6. The maximum absolute atomic E-state index is 12.8. The molecule has 120 valence electrons. The van der Waals surface area contributed by atoms with Gasteiger partial charge in [0.15, 0.2) is 0 Å². The number of nitrogens with zero attached hydrogens (tertiary/aromatic N) is 1. The van der Waals surface area contributed by atoms with Crippen LogP contribution in [0.2, 0.25) is 0 Å². The molecule has 1 aliphatic carbocycles. The van der Waals surface area contributed by atoms with Crippen molar-refractivity contribution in [2.75, 3.05) is 13.2 Å². The molecule has 22 heavy (non-hydrogen) atoms. The van der Waals surface area contributed by atoms with Crippen LogP contribution in [0.15, 0.2) is 24.3 Å². The van der Waals surface area contributed by atoms with Crippen molar-refractivity contribution in [1.82, 2.24) is 4.90 Å². The van der Waals surface area contributed by atoms with E-state index < -0.39 is 0 Å². The van der Waals surface area contributed by atoms with E-state index in [0.717, 1.165) is 19.3 Å². The van der Waals surface area contributed by atoms with E-state index in [9.17, 15) is 4.79 Å². The minimum Gasteiger partial charge on any atom is -0.370 e. The fourth-order valence-electron chi connectivity index (χ4n) is 3.68. The van der Waals surface area contributed by atoms with E-state index in [4.69, 9.17) is 10.5 Å². The summed E-state index contributed by atoms with van der Waals surface area (Å²) in [5.41, 5.74) is 8.38. The normalized spacial score (nSPS) is 32.2. The van der Waals surface area contributed by atoms with Gasteiger partial charge in [-0.25, -0.2) is 0 Å². The molecule has 0 radical (unpaired) electrons. The summed E-state index contributed by atoms with van der Waals surface area (Å²) in [5, 5.41) is 0. The Labute approximate surface area is 132 Å². The first kappa shape index (κ1) is 15.5. The van der Waals surface area contributed by atoms with E-state index in [1.165, 1.54) is 11.1 Å². The maximum Gasteiger partial charge on any atom is 0.226 e. The van der Waals surface area contributed by atoms with Gasteiger partial charge in [-0.3, -0.25) is 4.79 Å². The zero-order valence-corrected chi connectivity index (χ0v) is 13.5. The van der Waals surface area contributed by atoms with Gasteiger partial charge in [0.05, 0.1) is 19.2 Å². The third-order valence-electron chi connectivity index (χ3n) is 5.07. The van der Waals surface area contributed by atoms with E-state index in [0.29, 0.717) is 13.2 Å². The van der Waals surface area contributed by atoms with Gasteiger partial charge in [0, 0.05) is 12.0 Å². The average Bonchev–Trinajstić information content (AvgIpc) is 2.94. The molecule has 0 bridgehead atoms. The summed E-state index contributed by atoms with van der Waals surface area (Å²) >= 11 is 0. The summed E-state index contributed by atoms with van der Waals surface area (Å²) in [7, 11) is 0. The number of morpholine rings is 1. The minimum atomic E-state index is -0.0172. The van der Waals surface area contributed by atoms with Crippen LogP contribution in [0.5, 0.6) is 0 Å². The highest BCUT2D eigenvalue weighted by Crippen LogP contribution is 2.31. The molecule has 4 atom stereocenters. The number of benzene rings is 1. The lowest BCUT2D eigenvalue weighted by atomic mass is 9.99. The molecular formula is C18H26N2O2. The molecule has 3 rings (SSSR count). The predicted molar refractivity (Wildman–Crippen MR) is 86.4 cm³/mol. The SMILES string of the molecule is Cc1ccccc1[C@@H]1CN(C(=O)[C@@H]2CC[C@H](N)C2)[C@@H](C)CO1. The molecule has 1 heterocycles. The first-order valence-electron chi connectivity index (χ1n) is 8.29. The number of ether oxygens (including phenoxy) is 1. The van der Waals surface area contributed by atoms with Crippen molar-refractivity contribution in [3.05, 3.63) is 35.4 Å². The summed E-state index contributed by atoms with van der Waals surface area (Å²) in [6.07, 6.45) is 2.71. The number of hydrogen-bond donors (Lipinski definition) is 1. The third-order valence-corrected chi connectivity index (χ3v) is 5.07. The molecule has 1 saturated carbocycles. The summed E-state index contributed by atoms with van der Waals surface area (Å²) in [6.45, 7) is 5.42. The van der Waals surface area contributed by atoms with Crippen molar-refractivity contribution in [2.24, 2.45) is 11.7 Å². The van der Waals surface area contributed by atoms with Crippen LogP contribution in [0.1, 0.15) is 43.4 Å². The van der Waals surface area contributed by atoms with Gasteiger partial charge in [-0.2, -0.15) is 0 Å². The lowest BCUT2D eigenvalue weighted by Crippen LogP contribution is -2.50. The van der Waals surface area contributed by atoms with Crippen LogP contribution in [0.4, 0.5) is 0 Å². The molecule has 0 aromatic heterocycles. The van der Waals surface area contributed by atoms with Crippen molar-refractivity contribution < 1.29 is 9.53 Å². The molecule has 1 saturated heterocycles. The van der Waals surface area contributed by atoms with Crippen molar-refractivity contribution in [3.8, 4) is 0 Å². The fraction of sp³-hybridized carbons (Fsp3) is 0.611.